The molecule has 0 radical (unpaired) electrons. The molecule has 4 nitrogen and oxygen atoms in total. The zero-order valence-electron chi connectivity index (χ0n) is 11.3. The van der Waals surface area contributed by atoms with Crippen molar-refractivity contribution in [1.82, 2.24) is 9.55 Å². The van der Waals surface area contributed by atoms with Crippen LogP contribution in [-0.2, 0) is 4.79 Å². The van der Waals surface area contributed by atoms with Gasteiger partial charge in [0.1, 0.15) is 11.3 Å². The van der Waals surface area contributed by atoms with Crippen molar-refractivity contribution in [2.75, 3.05) is 5.75 Å². The second-order valence-corrected chi connectivity index (χ2v) is 6.12. The first-order valence-corrected chi connectivity index (χ1v) is 7.71. The average Bonchev–Trinajstić information content (AvgIpc) is 3.10. The van der Waals surface area contributed by atoms with E-state index < -0.39 is 17.6 Å². The van der Waals surface area contributed by atoms with Gasteiger partial charge in [0.25, 0.3) is 0 Å². The number of hydrogen-bond donors (Lipinski definition) is 1. The topological polar surface area (TPSA) is 55.1 Å². The van der Waals surface area contributed by atoms with Gasteiger partial charge in [-0.25, -0.2) is 13.8 Å². The number of halogens is 2. The van der Waals surface area contributed by atoms with Gasteiger partial charge in [-0.05, 0) is 12.3 Å². The van der Waals surface area contributed by atoms with E-state index in [4.69, 9.17) is 5.11 Å². The van der Waals surface area contributed by atoms with Gasteiger partial charge in [-0.15, -0.1) is 0 Å². The summed E-state index contributed by atoms with van der Waals surface area (Å²) in [5.41, 5.74) is 0.507. The van der Waals surface area contributed by atoms with Crippen molar-refractivity contribution < 1.29 is 18.7 Å². The molecule has 0 saturated heterocycles. The van der Waals surface area contributed by atoms with E-state index in [0.29, 0.717) is 16.6 Å². The average molecular weight is 312 g/mol. The van der Waals surface area contributed by atoms with Gasteiger partial charge in [0.05, 0.1) is 11.3 Å². The predicted molar refractivity (Wildman–Crippen MR) is 75.4 cm³/mol. The number of carboxylic acids is 1. The molecule has 1 saturated carbocycles. The molecule has 2 unspecified atom stereocenters. The molecule has 2 aromatic rings. The third kappa shape index (κ3) is 2.62. The lowest BCUT2D eigenvalue weighted by Crippen LogP contribution is -2.03. The van der Waals surface area contributed by atoms with Gasteiger partial charge in [-0.1, -0.05) is 25.1 Å². The first-order valence-electron chi connectivity index (χ1n) is 6.72. The monoisotopic (exact) mass is 312 g/mol. The van der Waals surface area contributed by atoms with Crippen molar-refractivity contribution >= 4 is 28.8 Å². The molecule has 0 amide bonds. The van der Waals surface area contributed by atoms with Crippen LogP contribution in [0.1, 0.15) is 25.8 Å². The van der Waals surface area contributed by atoms with Crippen LogP contribution in [0.5, 0.6) is 0 Å². The lowest BCUT2D eigenvalue weighted by Gasteiger charge is -2.07. The molecule has 1 aliphatic rings. The minimum absolute atomic E-state index is 0.103. The molecule has 0 spiro atoms. The molecular formula is C14H14F2N2O2S. The van der Waals surface area contributed by atoms with E-state index in [2.05, 4.69) is 11.9 Å². The summed E-state index contributed by atoms with van der Waals surface area (Å²) in [4.78, 5) is 14.9. The molecule has 1 aromatic heterocycles. The number of carbonyl (C=O) groups is 1. The summed E-state index contributed by atoms with van der Waals surface area (Å²) < 4.78 is 29.1. The van der Waals surface area contributed by atoms with Crippen LogP contribution in [0.3, 0.4) is 0 Å². The Morgan fingerprint density at radius 3 is 2.90 bits per heavy atom. The fraction of sp³-hybridized carbons (Fsp3) is 0.429. The van der Waals surface area contributed by atoms with Crippen molar-refractivity contribution in [2.45, 2.75) is 31.0 Å². The number of imidazole rings is 1. The lowest BCUT2D eigenvalue weighted by atomic mass is 10.3. The van der Waals surface area contributed by atoms with E-state index in [-0.39, 0.29) is 17.3 Å². The summed E-state index contributed by atoms with van der Waals surface area (Å²) in [5.74, 6) is -2.03. The first kappa shape index (κ1) is 14.3. The maximum Gasteiger partial charge on any atom is 0.313 e. The van der Waals surface area contributed by atoms with Gasteiger partial charge in [0.15, 0.2) is 11.0 Å². The van der Waals surface area contributed by atoms with Gasteiger partial charge in [0.2, 0.25) is 0 Å². The van der Waals surface area contributed by atoms with Gasteiger partial charge < -0.3 is 9.67 Å². The lowest BCUT2D eigenvalue weighted by molar-refractivity contribution is -0.133. The van der Waals surface area contributed by atoms with Gasteiger partial charge in [-0.3, -0.25) is 4.79 Å². The number of rotatable bonds is 5. The van der Waals surface area contributed by atoms with E-state index in [1.807, 2.05) is 0 Å². The summed E-state index contributed by atoms with van der Waals surface area (Å²) in [6.07, 6.45) is 1.91. The van der Waals surface area contributed by atoms with E-state index in [1.165, 1.54) is 6.07 Å². The highest BCUT2D eigenvalue weighted by Crippen LogP contribution is 2.49. The van der Waals surface area contributed by atoms with E-state index in [1.54, 1.807) is 4.57 Å². The fourth-order valence-electron chi connectivity index (χ4n) is 2.63. The Kier molecular flexibility index (Phi) is 3.61. The highest BCUT2D eigenvalue weighted by Gasteiger charge is 2.39. The number of aliphatic carboxylic acids is 1. The molecular weight excluding hydrogens is 298 g/mol. The highest BCUT2D eigenvalue weighted by atomic mass is 32.2. The maximum absolute atomic E-state index is 13.9. The van der Waals surface area contributed by atoms with Crippen LogP contribution in [0.2, 0.25) is 0 Å². The molecule has 1 N–H and O–H groups in total. The van der Waals surface area contributed by atoms with Crippen molar-refractivity contribution in [2.24, 2.45) is 5.92 Å². The smallest absolute Gasteiger partial charge is 0.313 e. The van der Waals surface area contributed by atoms with Crippen LogP contribution in [0.25, 0.3) is 11.0 Å². The van der Waals surface area contributed by atoms with E-state index in [9.17, 15) is 13.6 Å². The third-order valence-electron chi connectivity index (χ3n) is 3.75. The number of nitrogens with zero attached hydrogens (tertiary/aromatic N) is 2. The Balaban J connectivity index is 2.09. The summed E-state index contributed by atoms with van der Waals surface area (Å²) in [6, 6.07) is 2.22. The SMILES string of the molecule is CCC1CC1n1c(SCC(=O)O)nc2c(F)cc(F)cc21. The van der Waals surface area contributed by atoms with Gasteiger partial charge >= 0.3 is 5.97 Å². The van der Waals surface area contributed by atoms with Crippen LogP contribution in [0.4, 0.5) is 8.78 Å². The molecule has 0 aliphatic heterocycles. The Morgan fingerprint density at radius 1 is 1.52 bits per heavy atom. The highest BCUT2D eigenvalue weighted by molar-refractivity contribution is 7.99. The second-order valence-electron chi connectivity index (χ2n) is 5.17. The normalized spacial score (nSPS) is 20.9. The molecule has 21 heavy (non-hydrogen) atoms. The van der Waals surface area contributed by atoms with Crippen molar-refractivity contribution in [3.63, 3.8) is 0 Å². The number of aromatic nitrogens is 2. The molecule has 7 heteroatoms. The summed E-state index contributed by atoms with van der Waals surface area (Å²) in [7, 11) is 0. The van der Waals surface area contributed by atoms with Crippen molar-refractivity contribution in [1.29, 1.82) is 0 Å². The van der Waals surface area contributed by atoms with Crippen LogP contribution < -0.4 is 0 Å². The summed E-state index contributed by atoms with van der Waals surface area (Å²) in [6.45, 7) is 2.06. The molecule has 1 aliphatic carbocycles. The Labute approximate surface area is 124 Å². The van der Waals surface area contributed by atoms with Gasteiger partial charge in [0, 0.05) is 18.2 Å². The standard InChI is InChI=1S/C14H14F2N2O2S/c1-2-7-3-10(7)18-11-5-8(15)4-9(16)13(11)17-14(18)21-6-12(19)20/h4-5,7,10H,2-3,6H2,1H3,(H,19,20). The first-order chi connectivity index (χ1) is 10.0. The van der Waals surface area contributed by atoms with Crippen LogP contribution >= 0.6 is 11.8 Å². The summed E-state index contributed by atoms with van der Waals surface area (Å²) >= 11 is 1.04. The van der Waals surface area contributed by atoms with E-state index in [0.717, 1.165) is 30.7 Å². The number of carboxylic acid groups (broad SMARTS) is 1. The Hall–Kier alpha value is -1.63. The molecule has 2 atom stereocenters. The number of hydrogen-bond acceptors (Lipinski definition) is 3. The van der Waals surface area contributed by atoms with Crippen LogP contribution in [-0.4, -0.2) is 26.4 Å². The largest absolute Gasteiger partial charge is 0.481 e. The molecule has 3 rings (SSSR count). The third-order valence-corrected chi connectivity index (χ3v) is 4.68. The number of benzene rings is 1. The van der Waals surface area contributed by atoms with Crippen molar-refractivity contribution in [3.05, 3.63) is 23.8 Å². The Morgan fingerprint density at radius 2 is 2.29 bits per heavy atom. The minimum Gasteiger partial charge on any atom is -0.481 e. The molecule has 1 fully saturated rings. The van der Waals surface area contributed by atoms with Crippen molar-refractivity contribution in [3.8, 4) is 0 Å². The molecule has 0 bridgehead atoms. The number of thioether (sulfide) groups is 1. The van der Waals surface area contributed by atoms with Crippen LogP contribution in [0, 0.1) is 17.6 Å². The zero-order valence-corrected chi connectivity index (χ0v) is 12.2. The molecule has 1 heterocycles. The maximum atomic E-state index is 13.9. The number of fused-ring (bicyclic) bond motifs is 1. The molecule has 112 valence electrons. The minimum atomic E-state index is -0.965. The molecule has 1 aromatic carbocycles. The van der Waals surface area contributed by atoms with E-state index >= 15 is 0 Å². The van der Waals surface area contributed by atoms with Crippen LogP contribution in [0.15, 0.2) is 17.3 Å². The summed E-state index contributed by atoms with van der Waals surface area (Å²) in [5, 5.41) is 9.24. The Bertz CT molecular complexity index is 717. The van der Waals surface area contributed by atoms with Gasteiger partial charge in [-0.2, -0.15) is 0 Å². The fourth-order valence-corrected chi connectivity index (χ4v) is 3.42. The second kappa shape index (κ2) is 5.29. The quantitative estimate of drug-likeness (QED) is 0.859. The zero-order chi connectivity index (χ0) is 15.1. The predicted octanol–water partition coefficient (Wildman–Crippen LogP) is 3.46.